The number of amides is 1. The fraction of sp³-hybridized carbons (Fsp3) is 0.417. The molecule has 8 heteroatoms. The highest BCUT2D eigenvalue weighted by Crippen LogP contribution is 2.39. The van der Waals surface area contributed by atoms with Crippen LogP contribution in [0.25, 0.3) is 0 Å². The van der Waals surface area contributed by atoms with E-state index in [1.165, 1.54) is 0 Å². The van der Waals surface area contributed by atoms with Crippen molar-refractivity contribution >= 4 is 43.5 Å². The zero-order chi connectivity index (χ0) is 15.1. The number of nitrogens with zero attached hydrogens (tertiary/aromatic N) is 1. The molecule has 1 unspecified atom stereocenters. The van der Waals surface area contributed by atoms with Gasteiger partial charge in [0.05, 0.1) is 11.3 Å². The van der Waals surface area contributed by atoms with Gasteiger partial charge in [-0.1, -0.05) is 31.9 Å². The molecule has 1 fully saturated rings. The van der Waals surface area contributed by atoms with Crippen LogP contribution in [0.5, 0.6) is 0 Å². The molecule has 0 spiro atoms. The maximum Gasteiger partial charge on any atom is 0.417 e. The SMILES string of the molecule is O=C1CC(CBr)CN1c1cc(C(F)(F)F)c(Br)cc1F. The monoisotopic (exact) mass is 417 g/mol. The van der Waals surface area contributed by atoms with E-state index < -0.39 is 17.6 Å². The van der Waals surface area contributed by atoms with Crippen molar-refractivity contribution < 1.29 is 22.4 Å². The Labute approximate surface area is 129 Å². The van der Waals surface area contributed by atoms with Gasteiger partial charge in [-0.25, -0.2) is 4.39 Å². The second-order valence-electron chi connectivity index (χ2n) is 4.51. The second kappa shape index (κ2) is 5.63. The molecule has 0 saturated carbocycles. The van der Waals surface area contributed by atoms with E-state index in [1.54, 1.807) is 0 Å². The summed E-state index contributed by atoms with van der Waals surface area (Å²) in [5, 5.41) is 0.541. The Balaban J connectivity index is 2.45. The molecule has 0 radical (unpaired) electrons. The average Bonchev–Trinajstić information content (AvgIpc) is 2.69. The molecule has 2 nitrogen and oxygen atoms in total. The van der Waals surface area contributed by atoms with Crippen LogP contribution in [0.2, 0.25) is 0 Å². The summed E-state index contributed by atoms with van der Waals surface area (Å²) in [5.41, 5.74) is -1.32. The Hall–Kier alpha value is -0.630. The minimum atomic E-state index is -4.61. The predicted molar refractivity (Wildman–Crippen MR) is 73.4 cm³/mol. The number of carbonyl (C=O) groups excluding carboxylic acids is 1. The fourth-order valence-electron chi connectivity index (χ4n) is 2.08. The largest absolute Gasteiger partial charge is 0.417 e. The maximum atomic E-state index is 13.9. The summed E-state index contributed by atoms with van der Waals surface area (Å²) in [4.78, 5) is 12.9. The van der Waals surface area contributed by atoms with Crippen molar-refractivity contribution in [1.29, 1.82) is 0 Å². The van der Waals surface area contributed by atoms with Crippen LogP contribution in [-0.4, -0.2) is 17.8 Å². The molecule has 0 N–H and O–H groups in total. The van der Waals surface area contributed by atoms with Gasteiger partial charge in [0.25, 0.3) is 0 Å². The van der Waals surface area contributed by atoms with Gasteiger partial charge < -0.3 is 4.90 Å². The lowest BCUT2D eigenvalue weighted by Gasteiger charge is -2.20. The molecule has 1 aromatic rings. The average molecular weight is 419 g/mol. The first-order chi connectivity index (χ1) is 9.24. The van der Waals surface area contributed by atoms with E-state index in [2.05, 4.69) is 31.9 Å². The minimum Gasteiger partial charge on any atom is -0.309 e. The highest BCUT2D eigenvalue weighted by Gasteiger charge is 2.37. The Kier molecular flexibility index (Phi) is 4.44. The number of rotatable bonds is 2. The molecule has 2 rings (SSSR count). The van der Waals surface area contributed by atoms with Crippen molar-refractivity contribution in [3.8, 4) is 0 Å². The molecule has 0 aromatic heterocycles. The van der Waals surface area contributed by atoms with E-state index in [0.717, 1.165) is 11.0 Å². The van der Waals surface area contributed by atoms with E-state index >= 15 is 0 Å². The van der Waals surface area contributed by atoms with E-state index in [4.69, 9.17) is 0 Å². The summed E-state index contributed by atoms with van der Waals surface area (Å²) in [7, 11) is 0. The fourth-order valence-corrected chi connectivity index (χ4v) is 3.05. The summed E-state index contributed by atoms with van der Waals surface area (Å²) in [5.74, 6) is -1.25. The van der Waals surface area contributed by atoms with Gasteiger partial charge in [-0.05, 0) is 18.1 Å². The maximum absolute atomic E-state index is 13.9. The molecule has 1 amide bonds. The van der Waals surface area contributed by atoms with Gasteiger partial charge >= 0.3 is 6.18 Å². The Morgan fingerprint density at radius 3 is 2.50 bits per heavy atom. The first-order valence-corrected chi connectivity index (χ1v) is 7.58. The number of anilines is 1. The lowest BCUT2D eigenvalue weighted by molar-refractivity contribution is -0.138. The quantitative estimate of drug-likeness (QED) is 0.516. The van der Waals surface area contributed by atoms with Gasteiger partial charge in [0.1, 0.15) is 5.82 Å². The van der Waals surface area contributed by atoms with Gasteiger partial charge in [0.2, 0.25) is 5.91 Å². The van der Waals surface area contributed by atoms with Gasteiger partial charge in [-0.15, -0.1) is 0 Å². The molecular weight excluding hydrogens is 410 g/mol. The molecule has 1 aliphatic heterocycles. The molecule has 1 atom stereocenters. The molecule has 110 valence electrons. The van der Waals surface area contributed by atoms with E-state index in [-0.39, 0.29) is 35.0 Å². The topological polar surface area (TPSA) is 20.3 Å². The first-order valence-electron chi connectivity index (χ1n) is 5.66. The minimum absolute atomic E-state index is 0.0279. The molecule has 1 saturated heterocycles. The molecule has 1 aliphatic rings. The normalized spacial score (nSPS) is 19.8. The standard InChI is InChI=1S/C12H9Br2F4NO/c13-4-6-1-11(20)19(5-6)10-2-7(12(16,17)18)8(14)3-9(10)15/h2-3,6H,1,4-5H2. The Bertz CT molecular complexity index is 547. The summed E-state index contributed by atoms with van der Waals surface area (Å²) in [6, 6.07) is 1.42. The summed E-state index contributed by atoms with van der Waals surface area (Å²) >= 11 is 5.92. The summed E-state index contributed by atoms with van der Waals surface area (Å²) < 4.78 is 52.0. The third kappa shape index (κ3) is 3.00. The van der Waals surface area contributed by atoms with Crippen molar-refractivity contribution in [3.05, 3.63) is 28.0 Å². The molecule has 1 heterocycles. The van der Waals surface area contributed by atoms with Crippen molar-refractivity contribution in [2.45, 2.75) is 12.6 Å². The summed E-state index contributed by atoms with van der Waals surface area (Å²) in [6.45, 7) is 0.208. The molecular formula is C12H9Br2F4NO. The van der Waals surface area contributed by atoms with Gasteiger partial charge in [0, 0.05) is 22.8 Å². The molecule has 0 bridgehead atoms. The molecule has 0 aliphatic carbocycles. The summed E-state index contributed by atoms with van der Waals surface area (Å²) in [6.07, 6.45) is -4.42. The third-order valence-electron chi connectivity index (χ3n) is 3.06. The number of hydrogen-bond donors (Lipinski definition) is 0. The van der Waals surface area contributed by atoms with E-state index in [9.17, 15) is 22.4 Å². The van der Waals surface area contributed by atoms with Crippen molar-refractivity contribution in [3.63, 3.8) is 0 Å². The van der Waals surface area contributed by atoms with Crippen molar-refractivity contribution in [2.75, 3.05) is 16.8 Å². The first kappa shape index (κ1) is 15.8. The van der Waals surface area contributed by atoms with Crippen molar-refractivity contribution in [2.24, 2.45) is 5.92 Å². The second-order valence-corrected chi connectivity index (χ2v) is 6.01. The lowest BCUT2D eigenvalue weighted by atomic mass is 10.1. The highest BCUT2D eigenvalue weighted by molar-refractivity contribution is 9.10. The van der Waals surface area contributed by atoms with Crippen LogP contribution >= 0.6 is 31.9 Å². The van der Waals surface area contributed by atoms with Gasteiger partial charge in [-0.2, -0.15) is 13.2 Å². The molecule has 20 heavy (non-hydrogen) atoms. The third-order valence-corrected chi connectivity index (χ3v) is 4.63. The predicted octanol–water partition coefficient (Wildman–Crippen LogP) is 4.35. The van der Waals surface area contributed by atoms with Crippen LogP contribution in [0.3, 0.4) is 0 Å². The number of hydrogen-bond acceptors (Lipinski definition) is 1. The lowest BCUT2D eigenvalue weighted by Crippen LogP contribution is -2.26. The Morgan fingerprint density at radius 2 is 2.00 bits per heavy atom. The van der Waals surface area contributed by atoms with E-state index in [0.29, 0.717) is 11.4 Å². The van der Waals surface area contributed by atoms with Crippen molar-refractivity contribution in [1.82, 2.24) is 0 Å². The van der Waals surface area contributed by atoms with Crippen LogP contribution in [0.4, 0.5) is 23.2 Å². The number of carbonyl (C=O) groups is 1. The Morgan fingerprint density at radius 1 is 1.35 bits per heavy atom. The van der Waals surface area contributed by atoms with Crippen LogP contribution in [0.1, 0.15) is 12.0 Å². The number of benzene rings is 1. The highest BCUT2D eigenvalue weighted by atomic mass is 79.9. The van der Waals surface area contributed by atoms with Gasteiger partial charge in [-0.3, -0.25) is 4.79 Å². The van der Waals surface area contributed by atoms with Crippen LogP contribution in [-0.2, 0) is 11.0 Å². The zero-order valence-corrected chi connectivity index (χ0v) is 13.1. The number of halogens is 6. The van der Waals surface area contributed by atoms with Gasteiger partial charge in [0.15, 0.2) is 0 Å². The number of alkyl halides is 4. The van der Waals surface area contributed by atoms with Crippen LogP contribution in [0, 0.1) is 11.7 Å². The van der Waals surface area contributed by atoms with Crippen LogP contribution < -0.4 is 4.90 Å². The smallest absolute Gasteiger partial charge is 0.309 e. The molecule has 1 aromatic carbocycles. The zero-order valence-electron chi connectivity index (χ0n) is 9.98. The van der Waals surface area contributed by atoms with Crippen LogP contribution in [0.15, 0.2) is 16.6 Å². The van der Waals surface area contributed by atoms with E-state index in [1.807, 2.05) is 0 Å².